The first-order valence-electron chi connectivity index (χ1n) is 4.84. The van der Waals surface area contributed by atoms with Gasteiger partial charge in [0.05, 0.1) is 11.9 Å². The van der Waals surface area contributed by atoms with E-state index in [1.165, 1.54) is 6.33 Å². The van der Waals surface area contributed by atoms with Crippen LogP contribution in [0.15, 0.2) is 12.5 Å². The zero-order valence-corrected chi connectivity index (χ0v) is 8.31. The van der Waals surface area contributed by atoms with E-state index in [1.54, 1.807) is 6.20 Å². The number of rotatable bonds is 1. The zero-order chi connectivity index (χ0) is 10.7. The normalized spacial score (nSPS) is 17.1. The molecule has 2 rings (SSSR count). The fraction of sp³-hybridized carbons (Fsp3) is 0.444. The van der Waals surface area contributed by atoms with Crippen LogP contribution in [0.2, 0.25) is 0 Å². The second kappa shape index (κ2) is 4.12. The number of nitrogen functional groups attached to an aromatic ring is 1. The number of nitrogens with two attached hydrogens (primary N) is 1. The molecular formula is C9H13N5O. The predicted molar refractivity (Wildman–Crippen MR) is 56.3 cm³/mol. The minimum Gasteiger partial charge on any atom is -0.394 e. The van der Waals surface area contributed by atoms with Crippen LogP contribution in [-0.2, 0) is 4.79 Å². The van der Waals surface area contributed by atoms with E-state index < -0.39 is 0 Å². The van der Waals surface area contributed by atoms with Gasteiger partial charge in [-0.2, -0.15) is 0 Å². The highest BCUT2D eigenvalue weighted by Gasteiger charge is 2.16. The molecule has 1 aromatic rings. The summed E-state index contributed by atoms with van der Waals surface area (Å²) in [6.07, 6.45) is 3.51. The van der Waals surface area contributed by atoms with Crippen LogP contribution >= 0.6 is 0 Å². The number of nitrogens with one attached hydrogen (secondary N) is 1. The molecule has 1 amide bonds. The fourth-order valence-corrected chi connectivity index (χ4v) is 1.58. The first-order chi connectivity index (χ1) is 7.27. The summed E-state index contributed by atoms with van der Waals surface area (Å²) in [7, 11) is 0. The van der Waals surface area contributed by atoms with Gasteiger partial charge in [-0.05, 0) is 0 Å². The molecule has 0 spiro atoms. The van der Waals surface area contributed by atoms with Gasteiger partial charge in [0.25, 0.3) is 0 Å². The topological polar surface area (TPSA) is 84.1 Å². The van der Waals surface area contributed by atoms with Crippen molar-refractivity contribution in [2.24, 2.45) is 0 Å². The lowest BCUT2D eigenvalue weighted by atomic mass is 10.3. The average Bonchev–Trinajstić information content (AvgIpc) is 2.44. The fourth-order valence-electron chi connectivity index (χ4n) is 1.58. The van der Waals surface area contributed by atoms with E-state index in [2.05, 4.69) is 15.3 Å². The van der Waals surface area contributed by atoms with Crippen molar-refractivity contribution in [1.29, 1.82) is 0 Å². The van der Waals surface area contributed by atoms with Crippen molar-refractivity contribution >= 4 is 17.4 Å². The van der Waals surface area contributed by atoms with E-state index in [4.69, 9.17) is 5.73 Å². The van der Waals surface area contributed by atoms with Gasteiger partial charge in [0.15, 0.2) is 5.82 Å². The highest BCUT2D eigenvalue weighted by molar-refractivity contribution is 5.77. The van der Waals surface area contributed by atoms with Crippen LogP contribution < -0.4 is 16.0 Å². The molecule has 0 aromatic carbocycles. The Morgan fingerprint density at radius 3 is 3.13 bits per heavy atom. The second-order valence-corrected chi connectivity index (χ2v) is 3.39. The van der Waals surface area contributed by atoms with Gasteiger partial charge >= 0.3 is 0 Å². The standard InChI is InChI=1S/C9H13N5O/c10-7-5-11-6-13-9(7)14-3-1-8(15)12-2-4-14/h5-6H,1-4,10H2,(H,12,15). The Morgan fingerprint density at radius 1 is 1.47 bits per heavy atom. The molecule has 1 aromatic heterocycles. The smallest absolute Gasteiger partial charge is 0.221 e. The summed E-state index contributed by atoms with van der Waals surface area (Å²) in [5, 5.41) is 2.80. The molecule has 6 heteroatoms. The van der Waals surface area contributed by atoms with E-state index in [9.17, 15) is 4.79 Å². The van der Waals surface area contributed by atoms with Crippen LogP contribution in [0.3, 0.4) is 0 Å². The Hall–Kier alpha value is -1.85. The Morgan fingerprint density at radius 2 is 2.33 bits per heavy atom. The molecule has 1 aliphatic heterocycles. The van der Waals surface area contributed by atoms with Gasteiger partial charge in [0, 0.05) is 26.1 Å². The van der Waals surface area contributed by atoms with Crippen LogP contribution in [0, 0.1) is 0 Å². The van der Waals surface area contributed by atoms with E-state index >= 15 is 0 Å². The predicted octanol–water partition coefficient (Wildman–Crippen LogP) is -0.615. The highest BCUT2D eigenvalue weighted by atomic mass is 16.1. The van der Waals surface area contributed by atoms with Crippen LogP contribution in [0.5, 0.6) is 0 Å². The van der Waals surface area contributed by atoms with Gasteiger partial charge in [0.1, 0.15) is 6.33 Å². The van der Waals surface area contributed by atoms with Gasteiger partial charge in [-0.25, -0.2) is 9.97 Å². The van der Waals surface area contributed by atoms with E-state index in [0.29, 0.717) is 31.0 Å². The maximum absolute atomic E-state index is 11.1. The minimum atomic E-state index is 0.0742. The maximum atomic E-state index is 11.1. The third kappa shape index (κ3) is 2.15. The second-order valence-electron chi connectivity index (χ2n) is 3.39. The summed E-state index contributed by atoms with van der Waals surface area (Å²) >= 11 is 0. The summed E-state index contributed by atoms with van der Waals surface area (Å²) < 4.78 is 0. The molecule has 1 aliphatic rings. The SMILES string of the molecule is Nc1cncnc1N1CCNC(=O)CC1. The zero-order valence-electron chi connectivity index (χ0n) is 8.31. The molecule has 0 bridgehead atoms. The number of aromatic nitrogens is 2. The van der Waals surface area contributed by atoms with Gasteiger partial charge in [0.2, 0.25) is 5.91 Å². The number of hydrogen-bond donors (Lipinski definition) is 2. The molecule has 0 atom stereocenters. The molecular weight excluding hydrogens is 194 g/mol. The largest absolute Gasteiger partial charge is 0.394 e. The lowest BCUT2D eigenvalue weighted by Gasteiger charge is -2.21. The van der Waals surface area contributed by atoms with Crippen LogP contribution in [-0.4, -0.2) is 35.5 Å². The first-order valence-corrected chi connectivity index (χ1v) is 4.84. The highest BCUT2D eigenvalue weighted by Crippen LogP contribution is 2.18. The third-order valence-electron chi connectivity index (χ3n) is 2.33. The Labute approximate surface area is 87.5 Å². The van der Waals surface area contributed by atoms with E-state index in [-0.39, 0.29) is 5.91 Å². The van der Waals surface area contributed by atoms with Gasteiger partial charge in [-0.1, -0.05) is 0 Å². The molecule has 1 saturated heterocycles. The molecule has 0 aliphatic carbocycles. The van der Waals surface area contributed by atoms with Crippen molar-refractivity contribution in [2.75, 3.05) is 30.3 Å². The van der Waals surface area contributed by atoms with Crippen molar-refractivity contribution < 1.29 is 4.79 Å². The molecule has 2 heterocycles. The number of nitrogens with zero attached hydrogens (tertiary/aromatic N) is 3. The van der Waals surface area contributed by atoms with Crippen LogP contribution in [0.1, 0.15) is 6.42 Å². The summed E-state index contributed by atoms with van der Waals surface area (Å²) in [5.74, 6) is 0.784. The van der Waals surface area contributed by atoms with Crippen LogP contribution in [0.4, 0.5) is 11.5 Å². The number of hydrogen-bond acceptors (Lipinski definition) is 5. The average molecular weight is 207 g/mol. The summed E-state index contributed by atoms with van der Waals surface area (Å²) in [5.41, 5.74) is 6.31. The maximum Gasteiger partial charge on any atom is 0.221 e. The summed E-state index contributed by atoms with van der Waals surface area (Å²) in [6, 6.07) is 0. The van der Waals surface area contributed by atoms with Crippen molar-refractivity contribution in [2.45, 2.75) is 6.42 Å². The van der Waals surface area contributed by atoms with Crippen molar-refractivity contribution in [3.63, 3.8) is 0 Å². The van der Waals surface area contributed by atoms with Gasteiger partial charge < -0.3 is 16.0 Å². The van der Waals surface area contributed by atoms with Crippen molar-refractivity contribution in [1.82, 2.24) is 15.3 Å². The van der Waals surface area contributed by atoms with E-state index in [0.717, 1.165) is 6.54 Å². The summed E-state index contributed by atoms with van der Waals surface area (Å²) in [6.45, 7) is 2.00. The number of amides is 1. The molecule has 3 N–H and O–H groups in total. The first kappa shape index (κ1) is 9.70. The molecule has 80 valence electrons. The Balaban J connectivity index is 2.16. The van der Waals surface area contributed by atoms with Crippen LogP contribution in [0.25, 0.3) is 0 Å². The van der Waals surface area contributed by atoms with Gasteiger partial charge in [-0.15, -0.1) is 0 Å². The summed E-state index contributed by atoms with van der Waals surface area (Å²) in [4.78, 5) is 21.1. The van der Waals surface area contributed by atoms with Crippen molar-refractivity contribution in [3.8, 4) is 0 Å². The number of carbonyl (C=O) groups excluding carboxylic acids is 1. The molecule has 0 radical (unpaired) electrons. The quantitative estimate of drug-likeness (QED) is 0.641. The molecule has 0 unspecified atom stereocenters. The third-order valence-corrected chi connectivity index (χ3v) is 2.33. The van der Waals surface area contributed by atoms with Gasteiger partial charge in [-0.3, -0.25) is 4.79 Å². The molecule has 1 fully saturated rings. The number of anilines is 2. The minimum absolute atomic E-state index is 0.0742. The Bertz CT molecular complexity index is 367. The molecule has 0 saturated carbocycles. The Kier molecular flexibility index (Phi) is 2.66. The van der Waals surface area contributed by atoms with E-state index in [1.807, 2.05) is 4.90 Å². The molecule has 6 nitrogen and oxygen atoms in total. The monoisotopic (exact) mass is 207 g/mol. The molecule has 15 heavy (non-hydrogen) atoms. The lowest BCUT2D eigenvalue weighted by Crippen LogP contribution is -2.29. The van der Waals surface area contributed by atoms with Crippen molar-refractivity contribution in [3.05, 3.63) is 12.5 Å². The number of carbonyl (C=O) groups is 1. The lowest BCUT2D eigenvalue weighted by molar-refractivity contribution is -0.120.